The molecule has 0 saturated heterocycles. The van der Waals surface area contributed by atoms with Gasteiger partial charge in [0.1, 0.15) is 0 Å². The first kappa shape index (κ1) is 20.0. The summed E-state index contributed by atoms with van der Waals surface area (Å²) in [6.07, 6.45) is 3.47. The molecule has 6 nitrogen and oxygen atoms in total. The Balaban J connectivity index is 1.41. The summed E-state index contributed by atoms with van der Waals surface area (Å²) in [5, 5.41) is 11.0. The highest BCUT2D eigenvalue weighted by Crippen LogP contribution is 2.32. The lowest BCUT2D eigenvalue weighted by Crippen LogP contribution is -2.38. The highest BCUT2D eigenvalue weighted by atomic mass is 16.1. The van der Waals surface area contributed by atoms with Gasteiger partial charge in [0.05, 0.1) is 6.54 Å². The van der Waals surface area contributed by atoms with Gasteiger partial charge in [0.2, 0.25) is 5.91 Å². The molecule has 3 aromatic rings. The van der Waals surface area contributed by atoms with E-state index in [9.17, 15) is 4.79 Å². The second-order valence-electron chi connectivity index (χ2n) is 7.74. The van der Waals surface area contributed by atoms with Crippen LogP contribution in [-0.4, -0.2) is 36.5 Å². The molecular weight excluding hydrogens is 374 g/mol. The van der Waals surface area contributed by atoms with Crippen LogP contribution in [0.4, 0.5) is 5.69 Å². The van der Waals surface area contributed by atoms with E-state index in [0.29, 0.717) is 13.0 Å². The standard InChI is InChI=1S/C24H29N5O/c1-3-25-24(26-12-11-17-14-27-21-10-6-7-16(2)23(17)21)28-15-18-13-22(30)29-20-9-5-4-8-19(18)20/h4-10,14,18,27H,3,11-13,15H2,1-2H3,(H,29,30)(H2,25,26,28). The predicted octanol–water partition coefficient (Wildman–Crippen LogP) is 3.70. The Bertz CT molecular complexity index is 1070. The van der Waals surface area contributed by atoms with Gasteiger partial charge in [-0.2, -0.15) is 0 Å². The second-order valence-corrected chi connectivity index (χ2v) is 7.74. The van der Waals surface area contributed by atoms with E-state index in [0.717, 1.165) is 36.7 Å². The Morgan fingerprint density at radius 3 is 2.90 bits per heavy atom. The number of guanidine groups is 1. The lowest BCUT2D eigenvalue weighted by atomic mass is 9.91. The van der Waals surface area contributed by atoms with Crippen molar-refractivity contribution in [2.45, 2.75) is 32.6 Å². The number of carbonyl (C=O) groups is 1. The molecule has 1 aliphatic heterocycles. The van der Waals surface area contributed by atoms with Crippen LogP contribution in [0.2, 0.25) is 0 Å². The van der Waals surface area contributed by atoms with Crippen LogP contribution >= 0.6 is 0 Å². The fourth-order valence-electron chi connectivity index (χ4n) is 4.17. The monoisotopic (exact) mass is 403 g/mol. The van der Waals surface area contributed by atoms with Crippen molar-refractivity contribution in [3.63, 3.8) is 0 Å². The quantitative estimate of drug-likeness (QED) is 0.374. The number of aromatic nitrogens is 1. The molecule has 4 N–H and O–H groups in total. The number of anilines is 1. The molecule has 2 aromatic carbocycles. The van der Waals surface area contributed by atoms with Crippen molar-refractivity contribution in [2.24, 2.45) is 4.99 Å². The molecular formula is C24H29N5O. The Morgan fingerprint density at radius 1 is 1.17 bits per heavy atom. The van der Waals surface area contributed by atoms with E-state index in [1.807, 2.05) is 18.2 Å². The summed E-state index contributed by atoms with van der Waals surface area (Å²) in [7, 11) is 0. The van der Waals surface area contributed by atoms with Gasteiger partial charge in [-0.1, -0.05) is 30.3 Å². The van der Waals surface area contributed by atoms with Crippen LogP contribution < -0.4 is 16.0 Å². The number of aliphatic imine (C=N–C) groups is 1. The fourth-order valence-corrected chi connectivity index (χ4v) is 4.17. The van der Waals surface area contributed by atoms with Crippen molar-refractivity contribution in [1.82, 2.24) is 15.6 Å². The third kappa shape index (κ3) is 4.32. The van der Waals surface area contributed by atoms with Gasteiger partial charge in [0, 0.05) is 48.2 Å². The largest absolute Gasteiger partial charge is 0.361 e. The van der Waals surface area contributed by atoms with Gasteiger partial charge in [0.25, 0.3) is 0 Å². The van der Waals surface area contributed by atoms with Crippen LogP contribution in [0.25, 0.3) is 10.9 Å². The van der Waals surface area contributed by atoms with E-state index >= 15 is 0 Å². The number of benzene rings is 2. The second kappa shape index (κ2) is 9.03. The number of nitrogens with zero attached hydrogens (tertiary/aromatic N) is 1. The van der Waals surface area contributed by atoms with Crippen molar-refractivity contribution in [1.29, 1.82) is 0 Å². The molecule has 1 atom stereocenters. The average molecular weight is 404 g/mol. The molecule has 0 fully saturated rings. The molecule has 156 valence electrons. The maximum atomic E-state index is 12.1. The fraction of sp³-hybridized carbons (Fsp3) is 0.333. The van der Waals surface area contributed by atoms with Crippen LogP contribution in [-0.2, 0) is 11.2 Å². The van der Waals surface area contributed by atoms with E-state index in [2.05, 4.69) is 65.2 Å². The zero-order valence-corrected chi connectivity index (χ0v) is 17.6. The summed E-state index contributed by atoms with van der Waals surface area (Å²) in [5.41, 5.74) is 5.84. The van der Waals surface area contributed by atoms with Crippen molar-refractivity contribution in [3.8, 4) is 0 Å². The normalized spacial score (nSPS) is 16.3. The predicted molar refractivity (Wildman–Crippen MR) is 123 cm³/mol. The molecule has 30 heavy (non-hydrogen) atoms. The highest BCUT2D eigenvalue weighted by molar-refractivity contribution is 5.94. The van der Waals surface area contributed by atoms with E-state index in [-0.39, 0.29) is 11.8 Å². The average Bonchev–Trinajstić information content (AvgIpc) is 3.16. The molecule has 6 heteroatoms. The lowest BCUT2D eigenvalue weighted by molar-refractivity contribution is -0.116. The molecule has 1 aliphatic rings. The molecule has 2 heterocycles. The van der Waals surface area contributed by atoms with Crippen LogP contribution in [0.1, 0.15) is 36.0 Å². The number of aryl methyl sites for hydroxylation is 1. The van der Waals surface area contributed by atoms with E-state index < -0.39 is 0 Å². The van der Waals surface area contributed by atoms with Gasteiger partial charge in [-0.25, -0.2) is 0 Å². The SMILES string of the molecule is CCNC(=NCC1CC(=O)Nc2ccccc21)NCCc1c[nH]c2cccc(C)c12. The zero-order chi connectivity index (χ0) is 20.9. The van der Waals surface area contributed by atoms with Gasteiger partial charge in [-0.15, -0.1) is 0 Å². The number of hydrogen-bond acceptors (Lipinski definition) is 2. The summed E-state index contributed by atoms with van der Waals surface area (Å²) >= 11 is 0. The lowest BCUT2D eigenvalue weighted by Gasteiger charge is -2.24. The summed E-state index contributed by atoms with van der Waals surface area (Å²) in [5.74, 6) is 0.945. The Labute approximate surface area is 177 Å². The number of carbonyl (C=O) groups excluding carboxylic acids is 1. The van der Waals surface area contributed by atoms with Crippen LogP contribution in [0.5, 0.6) is 0 Å². The molecule has 0 aliphatic carbocycles. The molecule has 1 unspecified atom stereocenters. The first-order valence-electron chi connectivity index (χ1n) is 10.6. The number of H-pyrrole nitrogens is 1. The smallest absolute Gasteiger partial charge is 0.225 e. The highest BCUT2D eigenvalue weighted by Gasteiger charge is 2.24. The van der Waals surface area contributed by atoms with E-state index in [4.69, 9.17) is 4.99 Å². The number of para-hydroxylation sites is 1. The van der Waals surface area contributed by atoms with Gasteiger partial charge in [-0.05, 0) is 49.1 Å². The third-order valence-electron chi connectivity index (χ3n) is 5.60. The maximum absolute atomic E-state index is 12.1. The first-order chi connectivity index (χ1) is 14.7. The zero-order valence-electron chi connectivity index (χ0n) is 17.6. The number of hydrogen-bond donors (Lipinski definition) is 4. The minimum atomic E-state index is 0.0570. The molecule has 0 radical (unpaired) electrons. The van der Waals surface area contributed by atoms with Crippen molar-refractivity contribution >= 4 is 28.5 Å². The Kier molecular flexibility index (Phi) is 6.02. The first-order valence-corrected chi connectivity index (χ1v) is 10.6. The van der Waals surface area contributed by atoms with Gasteiger partial charge in [-0.3, -0.25) is 9.79 Å². The van der Waals surface area contributed by atoms with Gasteiger partial charge < -0.3 is 20.9 Å². The van der Waals surface area contributed by atoms with E-state index in [1.165, 1.54) is 22.0 Å². The molecule has 1 aromatic heterocycles. The van der Waals surface area contributed by atoms with Gasteiger partial charge >= 0.3 is 0 Å². The van der Waals surface area contributed by atoms with Crippen molar-refractivity contribution < 1.29 is 4.79 Å². The minimum absolute atomic E-state index is 0.0570. The molecule has 0 spiro atoms. The molecule has 4 rings (SSSR count). The van der Waals surface area contributed by atoms with Crippen molar-refractivity contribution in [3.05, 3.63) is 65.4 Å². The van der Waals surface area contributed by atoms with E-state index in [1.54, 1.807) is 0 Å². The number of rotatable bonds is 6. The summed E-state index contributed by atoms with van der Waals surface area (Å²) in [4.78, 5) is 20.2. The third-order valence-corrected chi connectivity index (χ3v) is 5.60. The number of amides is 1. The Hall–Kier alpha value is -3.28. The Morgan fingerprint density at radius 2 is 2.03 bits per heavy atom. The molecule has 1 amide bonds. The van der Waals surface area contributed by atoms with Gasteiger partial charge in [0.15, 0.2) is 5.96 Å². The van der Waals surface area contributed by atoms with Crippen LogP contribution in [0.3, 0.4) is 0 Å². The minimum Gasteiger partial charge on any atom is -0.361 e. The topological polar surface area (TPSA) is 81.3 Å². The van der Waals surface area contributed by atoms with Crippen LogP contribution in [0, 0.1) is 6.92 Å². The number of nitrogens with one attached hydrogen (secondary N) is 4. The number of aromatic amines is 1. The molecule has 0 bridgehead atoms. The summed E-state index contributed by atoms with van der Waals surface area (Å²) in [6, 6.07) is 14.3. The molecule has 0 saturated carbocycles. The number of fused-ring (bicyclic) bond motifs is 2. The summed E-state index contributed by atoms with van der Waals surface area (Å²) in [6.45, 7) is 6.36. The summed E-state index contributed by atoms with van der Waals surface area (Å²) < 4.78 is 0. The van der Waals surface area contributed by atoms with Crippen molar-refractivity contribution in [2.75, 3.05) is 25.0 Å². The van der Waals surface area contributed by atoms with Crippen LogP contribution in [0.15, 0.2) is 53.7 Å². The maximum Gasteiger partial charge on any atom is 0.225 e.